The van der Waals surface area contributed by atoms with Gasteiger partial charge in [0.05, 0.1) is 17.3 Å². The molecule has 0 heterocycles. The third-order valence-corrected chi connectivity index (χ3v) is 4.52. The van der Waals surface area contributed by atoms with Crippen molar-refractivity contribution in [3.63, 3.8) is 0 Å². The lowest BCUT2D eigenvalue weighted by Gasteiger charge is -2.06. The third-order valence-electron chi connectivity index (χ3n) is 2.83. The zero-order chi connectivity index (χ0) is 15.2. The molecule has 0 radical (unpaired) electrons. The van der Waals surface area contributed by atoms with Crippen LogP contribution in [-0.2, 0) is 11.2 Å². The van der Waals surface area contributed by atoms with Crippen LogP contribution in [0.25, 0.3) is 0 Å². The summed E-state index contributed by atoms with van der Waals surface area (Å²) in [5.74, 6) is 0.969. The Bertz CT molecular complexity index is 629. The van der Waals surface area contributed by atoms with Crippen LogP contribution >= 0.6 is 27.7 Å². The number of thioether (sulfide) groups is 1. The molecule has 2 aromatic carbocycles. The van der Waals surface area contributed by atoms with E-state index in [2.05, 4.69) is 15.9 Å². The molecule has 110 valence electrons. The van der Waals surface area contributed by atoms with Crippen molar-refractivity contribution in [3.05, 3.63) is 58.3 Å². The second kappa shape index (κ2) is 7.61. The van der Waals surface area contributed by atoms with E-state index < -0.39 is 0 Å². The maximum Gasteiger partial charge on any atom is 0.147 e. The quantitative estimate of drug-likeness (QED) is 0.702. The number of carbonyl (C=O) groups is 1. The minimum absolute atomic E-state index is 0.126. The average molecular weight is 369 g/mol. The van der Waals surface area contributed by atoms with Gasteiger partial charge < -0.3 is 4.74 Å². The minimum atomic E-state index is -0.270. The van der Waals surface area contributed by atoms with Crippen molar-refractivity contribution in [2.24, 2.45) is 0 Å². The Kier molecular flexibility index (Phi) is 5.82. The molecule has 0 saturated heterocycles. The summed E-state index contributed by atoms with van der Waals surface area (Å²) in [6.07, 6.45) is 0.372. The lowest BCUT2D eigenvalue weighted by atomic mass is 10.1. The van der Waals surface area contributed by atoms with Crippen molar-refractivity contribution in [2.75, 3.05) is 12.9 Å². The van der Waals surface area contributed by atoms with Crippen LogP contribution in [0.3, 0.4) is 0 Å². The molecule has 21 heavy (non-hydrogen) atoms. The average Bonchev–Trinajstić information content (AvgIpc) is 2.47. The summed E-state index contributed by atoms with van der Waals surface area (Å²) in [6, 6.07) is 11.7. The molecule has 0 saturated carbocycles. The number of ether oxygens (including phenoxy) is 1. The molecule has 5 heteroatoms. The van der Waals surface area contributed by atoms with Crippen LogP contribution in [-0.4, -0.2) is 18.6 Å². The summed E-state index contributed by atoms with van der Waals surface area (Å²) in [7, 11) is 1.60. The molecule has 0 aromatic heterocycles. The summed E-state index contributed by atoms with van der Waals surface area (Å²) >= 11 is 4.82. The first-order valence-electron chi connectivity index (χ1n) is 6.31. The number of rotatable bonds is 6. The number of Topliss-reactive ketones (excluding diaryl/α,β-unsaturated/α-hetero) is 1. The number of ketones is 1. The monoisotopic (exact) mass is 368 g/mol. The molecule has 0 bridgehead atoms. The van der Waals surface area contributed by atoms with Crippen molar-refractivity contribution in [2.45, 2.75) is 11.3 Å². The molecule has 0 aliphatic heterocycles. The maximum absolute atomic E-state index is 12.8. The smallest absolute Gasteiger partial charge is 0.147 e. The van der Waals surface area contributed by atoms with E-state index >= 15 is 0 Å². The van der Waals surface area contributed by atoms with Crippen LogP contribution in [0.15, 0.2) is 51.8 Å². The summed E-state index contributed by atoms with van der Waals surface area (Å²) in [5, 5.41) is 0. The number of hydrogen-bond acceptors (Lipinski definition) is 3. The lowest BCUT2D eigenvalue weighted by molar-refractivity contribution is -0.116. The maximum atomic E-state index is 12.8. The summed E-state index contributed by atoms with van der Waals surface area (Å²) in [6.45, 7) is 0. The highest BCUT2D eigenvalue weighted by Gasteiger charge is 2.07. The Hall–Kier alpha value is -1.33. The van der Waals surface area contributed by atoms with Gasteiger partial charge in [0.2, 0.25) is 0 Å². The fourth-order valence-corrected chi connectivity index (χ4v) is 3.14. The Morgan fingerprint density at radius 3 is 2.57 bits per heavy atom. The molecule has 2 aromatic rings. The van der Waals surface area contributed by atoms with Gasteiger partial charge in [0.25, 0.3) is 0 Å². The van der Waals surface area contributed by atoms with Crippen molar-refractivity contribution in [1.29, 1.82) is 0 Å². The van der Waals surface area contributed by atoms with Crippen LogP contribution in [0.5, 0.6) is 5.75 Å². The molecular weight excluding hydrogens is 355 g/mol. The Morgan fingerprint density at radius 1 is 1.24 bits per heavy atom. The fraction of sp³-hybridized carbons (Fsp3) is 0.188. The highest BCUT2D eigenvalue weighted by atomic mass is 79.9. The first-order chi connectivity index (χ1) is 10.1. The number of benzene rings is 2. The van der Waals surface area contributed by atoms with Gasteiger partial charge >= 0.3 is 0 Å². The van der Waals surface area contributed by atoms with Crippen LogP contribution < -0.4 is 4.74 Å². The SMILES string of the molecule is COc1ccc(CC(=O)CSc2ccc(F)cc2)cc1Br. The van der Waals surface area contributed by atoms with Crippen LogP contribution in [0.2, 0.25) is 0 Å². The van der Waals surface area contributed by atoms with Gasteiger partial charge in [-0.25, -0.2) is 4.39 Å². The zero-order valence-corrected chi connectivity index (χ0v) is 13.8. The number of methoxy groups -OCH3 is 1. The van der Waals surface area contributed by atoms with Crippen molar-refractivity contribution in [3.8, 4) is 5.75 Å². The summed E-state index contributed by atoms with van der Waals surface area (Å²) < 4.78 is 18.8. The normalized spacial score (nSPS) is 10.4. The van der Waals surface area contributed by atoms with E-state index in [4.69, 9.17) is 4.74 Å². The Labute approximate surface area is 135 Å². The first-order valence-corrected chi connectivity index (χ1v) is 8.09. The molecule has 0 amide bonds. The number of carbonyl (C=O) groups excluding carboxylic acids is 1. The van der Waals surface area contributed by atoms with E-state index in [-0.39, 0.29) is 11.6 Å². The standard InChI is InChI=1S/C16H14BrFO2S/c1-20-16-7-2-11(9-15(16)17)8-13(19)10-21-14-5-3-12(18)4-6-14/h2-7,9H,8,10H2,1H3. The minimum Gasteiger partial charge on any atom is -0.496 e. The van der Waals surface area contributed by atoms with Crippen molar-refractivity contribution in [1.82, 2.24) is 0 Å². The van der Waals surface area contributed by atoms with Gasteiger partial charge in [-0.3, -0.25) is 4.79 Å². The summed E-state index contributed by atoms with van der Waals surface area (Å²) in [5.41, 5.74) is 0.937. The van der Waals surface area contributed by atoms with Gasteiger partial charge in [-0.05, 0) is 57.9 Å². The van der Waals surface area contributed by atoms with E-state index in [1.807, 2.05) is 18.2 Å². The second-order valence-corrected chi connectivity index (χ2v) is 6.33. The molecule has 0 aliphatic rings. The lowest BCUT2D eigenvalue weighted by Crippen LogP contribution is -2.05. The Balaban J connectivity index is 1.89. The molecule has 0 spiro atoms. The highest BCUT2D eigenvalue weighted by Crippen LogP contribution is 2.26. The molecule has 0 aliphatic carbocycles. The van der Waals surface area contributed by atoms with E-state index in [0.29, 0.717) is 12.2 Å². The highest BCUT2D eigenvalue weighted by molar-refractivity contribution is 9.10. The first kappa shape index (κ1) is 16.0. The van der Waals surface area contributed by atoms with E-state index in [0.717, 1.165) is 20.7 Å². The predicted octanol–water partition coefficient (Wildman–Crippen LogP) is 4.50. The predicted molar refractivity (Wildman–Crippen MR) is 86.5 cm³/mol. The van der Waals surface area contributed by atoms with Crippen molar-refractivity contribution >= 4 is 33.5 Å². The zero-order valence-electron chi connectivity index (χ0n) is 11.4. The molecule has 0 N–H and O–H groups in total. The number of halogens is 2. The van der Waals surface area contributed by atoms with Gasteiger partial charge in [-0.15, -0.1) is 11.8 Å². The van der Waals surface area contributed by atoms with E-state index in [9.17, 15) is 9.18 Å². The van der Waals surface area contributed by atoms with E-state index in [1.165, 1.54) is 23.9 Å². The van der Waals surface area contributed by atoms with Crippen molar-refractivity contribution < 1.29 is 13.9 Å². The van der Waals surface area contributed by atoms with Crippen LogP contribution in [0.4, 0.5) is 4.39 Å². The van der Waals surface area contributed by atoms with Gasteiger partial charge in [0.15, 0.2) is 0 Å². The third kappa shape index (κ3) is 4.86. The van der Waals surface area contributed by atoms with Crippen LogP contribution in [0, 0.1) is 5.82 Å². The molecule has 0 atom stereocenters. The van der Waals surface area contributed by atoms with Crippen LogP contribution in [0.1, 0.15) is 5.56 Å². The molecule has 0 fully saturated rings. The topological polar surface area (TPSA) is 26.3 Å². The second-order valence-electron chi connectivity index (χ2n) is 4.43. The van der Waals surface area contributed by atoms with Gasteiger partial charge in [-0.1, -0.05) is 6.07 Å². The fourth-order valence-electron chi connectivity index (χ4n) is 1.79. The number of hydrogen-bond donors (Lipinski definition) is 0. The molecule has 2 rings (SSSR count). The molecule has 2 nitrogen and oxygen atoms in total. The molecular formula is C16H14BrFO2S. The molecule has 0 unspecified atom stereocenters. The van der Waals surface area contributed by atoms with Gasteiger partial charge in [-0.2, -0.15) is 0 Å². The van der Waals surface area contributed by atoms with Gasteiger partial charge in [0.1, 0.15) is 17.3 Å². The van der Waals surface area contributed by atoms with E-state index in [1.54, 1.807) is 19.2 Å². The Morgan fingerprint density at radius 2 is 1.95 bits per heavy atom. The summed E-state index contributed by atoms with van der Waals surface area (Å²) in [4.78, 5) is 12.9. The van der Waals surface area contributed by atoms with Gasteiger partial charge in [0, 0.05) is 11.3 Å². The largest absolute Gasteiger partial charge is 0.496 e.